The van der Waals surface area contributed by atoms with Gasteiger partial charge in [0, 0.05) is 12.8 Å². The Morgan fingerprint density at radius 3 is 2.38 bits per heavy atom. The SMILES string of the molecule is CCC(=O)CCCS(=O)(=O)C1CCCCC1. The van der Waals surface area contributed by atoms with E-state index in [0.29, 0.717) is 19.3 Å². The zero-order chi connectivity index (χ0) is 12.0. The van der Waals surface area contributed by atoms with Crippen LogP contribution in [0.4, 0.5) is 0 Å². The van der Waals surface area contributed by atoms with Gasteiger partial charge in [0.1, 0.15) is 5.78 Å². The number of carbonyl (C=O) groups is 1. The van der Waals surface area contributed by atoms with Crippen molar-refractivity contribution in [3.8, 4) is 0 Å². The van der Waals surface area contributed by atoms with E-state index in [4.69, 9.17) is 0 Å². The molecule has 0 spiro atoms. The van der Waals surface area contributed by atoms with E-state index >= 15 is 0 Å². The predicted molar refractivity (Wildman–Crippen MR) is 65.2 cm³/mol. The van der Waals surface area contributed by atoms with Crippen molar-refractivity contribution in [2.45, 2.75) is 63.5 Å². The Labute approximate surface area is 98.5 Å². The van der Waals surface area contributed by atoms with Crippen molar-refractivity contribution in [2.24, 2.45) is 0 Å². The number of carbonyl (C=O) groups excluding carboxylic acids is 1. The summed E-state index contributed by atoms with van der Waals surface area (Å²) in [6.45, 7) is 1.82. The van der Waals surface area contributed by atoms with Crippen LogP contribution >= 0.6 is 0 Å². The van der Waals surface area contributed by atoms with Crippen LogP contribution in [0.1, 0.15) is 58.3 Å². The minimum atomic E-state index is -2.94. The Kier molecular flexibility index (Phi) is 5.46. The van der Waals surface area contributed by atoms with Gasteiger partial charge in [0.25, 0.3) is 0 Å². The van der Waals surface area contributed by atoms with E-state index in [-0.39, 0.29) is 16.8 Å². The number of Topliss-reactive ketones (excluding diaryl/α,β-unsaturated/α-hetero) is 1. The summed E-state index contributed by atoms with van der Waals surface area (Å²) < 4.78 is 23.9. The summed E-state index contributed by atoms with van der Waals surface area (Å²) in [4.78, 5) is 11.1. The van der Waals surface area contributed by atoms with Gasteiger partial charge in [0.05, 0.1) is 11.0 Å². The molecule has 0 bridgehead atoms. The maximum atomic E-state index is 11.9. The number of rotatable bonds is 6. The second-order valence-corrected chi connectivity index (χ2v) is 7.02. The molecule has 0 saturated heterocycles. The largest absolute Gasteiger partial charge is 0.300 e. The molecule has 0 aromatic carbocycles. The van der Waals surface area contributed by atoms with Gasteiger partial charge in [0.15, 0.2) is 9.84 Å². The Hall–Kier alpha value is -0.380. The highest BCUT2D eigenvalue weighted by Gasteiger charge is 2.26. The number of hydrogen-bond donors (Lipinski definition) is 0. The van der Waals surface area contributed by atoms with E-state index in [1.54, 1.807) is 0 Å². The molecule has 0 heterocycles. The van der Waals surface area contributed by atoms with Crippen LogP contribution in [0.25, 0.3) is 0 Å². The van der Waals surface area contributed by atoms with Crippen LogP contribution in [-0.4, -0.2) is 25.2 Å². The summed E-state index contributed by atoms with van der Waals surface area (Å²) in [5, 5.41) is -0.127. The molecule has 0 N–H and O–H groups in total. The summed E-state index contributed by atoms with van der Waals surface area (Å²) in [5.74, 6) is 0.363. The van der Waals surface area contributed by atoms with Crippen molar-refractivity contribution in [1.82, 2.24) is 0 Å². The van der Waals surface area contributed by atoms with Gasteiger partial charge in [-0.25, -0.2) is 8.42 Å². The first-order chi connectivity index (χ1) is 7.56. The van der Waals surface area contributed by atoms with Crippen molar-refractivity contribution < 1.29 is 13.2 Å². The van der Waals surface area contributed by atoms with Gasteiger partial charge in [-0.2, -0.15) is 0 Å². The molecule has 16 heavy (non-hydrogen) atoms. The maximum Gasteiger partial charge on any atom is 0.153 e. The zero-order valence-electron chi connectivity index (χ0n) is 10.1. The molecule has 0 atom stereocenters. The maximum absolute atomic E-state index is 11.9. The standard InChI is InChI=1S/C12H22O3S/c1-2-11(13)7-6-10-16(14,15)12-8-4-3-5-9-12/h12H,2-10H2,1H3. The second-order valence-electron chi connectivity index (χ2n) is 4.62. The molecule has 1 fully saturated rings. The molecule has 0 aliphatic heterocycles. The molecule has 3 nitrogen and oxygen atoms in total. The van der Waals surface area contributed by atoms with Crippen molar-refractivity contribution >= 4 is 15.6 Å². The predicted octanol–water partition coefficient (Wildman–Crippen LogP) is 2.49. The van der Waals surface area contributed by atoms with Gasteiger partial charge in [-0.1, -0.05) is 26.2 Å². The van der Waals surface area contributed by atoms with Gasteiger partial charge in [-0.3, -0.25) is 4.79 Å². The van der Waals surface area contributed by atoms with Crippen LogP contribution in [0.2, 0.25) is 0 Å². The fraction of sp³-hybridized carbons (Fsp3) is 0.917. The minimum Gasteiger partial charge on any atom is -0.300 e. The van der Waals surface area contributed by atoms with Crippen LogP contribution in [0.15, 0.2) is 0 Å². The topological polar surface area (TPSA) is 51.2 Å². The lowest BCUT2D eigenvalue weighted by molar-refractivity contribution is -0.118. The molecule has 1 rings (SSSR count). The third-order valence-corrected chi connectivity index (χ3v) is 5.68. The summed E-state index contributed by atoms with van der Waals surface area (Å²) in [7, 11) is -2.94. The van der Waals surface area contributed by atoms with Crippen LogP contribution < -0.4 is 0 Å². The average molecular weight is 246 g/mol. The van der Waals surface area contributed by atoms with Crippen LogP contribution in [0, 0.1) is 0 Å². The first-order valence-electron chi connectivity index (χ1n) is 6.29. The number of sulfone groups is 1. The van der Waals surface area contributed by atoms with Crippen molar-refractivity contribution in [2.75, 3.05) is 5.75 Å². The van der Waals surface area contributed by atoms with Crippen LogP contribution in [-0.2, 0) is 14.6 Å². The fourth-order valence-electron chi connectivity index (χ4n) is 2.24. The Balaban J connectivity index is 2.36. The van der Waals surface area contributed by atoms with E-state index in [9.17, 15) is 13.2 Å². The van der Waals surface area contributed by atoms with Crippen molar-refractivity contribution in [3.63, 3.8) is 0 Å². The Bertz CT molecular complexity index is 313. The highest BCUT2D eigenvalue weighted by atomic mass is 32.2. The Morgan fingerprint density at radius 2 is 1.81 bits per heavy atom. The van der Waals surface area contributed by atoms with E-state index < -0.39 is 9.84 Å². The molecule has 0 aromatic rings. The van der Waals surface area contributed by atoms with Crippen LogP contribution in [0.5, 0.6) is 0 Å². The molecule has 0 amide bonds. The third-order valence-electron chi connectivity index (χ3n) is 3.34. The zero-order valence-corrected chi connectivity index (χ0v) is 10.9. The lowest BCUT2D eigenvalue weighted by atomic mass is 10.0. The molecule has 0 radical (unpaired) electrons. The normalized spacial score (nSPS) is 18.6. The summed E-state index contributed by atoms with van der Waals surface area (Å²) in [6.07, 6.45) is 6.33. The quantitative estimate of drug-likeness (QED) is 0.723. The van der Waals surface area contributed by atoms with E-state index in [0.717, 1.165) is 25.7 Å². The second kappa shape index (κ2) is 6.38. The molecule has 1 aliphatic carbocycles. The molecule has 0 unspecified atom stereocenters. The fourth-order valence-corrected chi connectivity index (χ4v) is 4.17. The molecular weight excluding hydrogens is 224 g/mol. The van der Waals surface area contributed by atoms with Crippen molar-refractivity contribution in [3.05, 3.63) is 0 Å². The highest BCUT2D eigenvalue weighted by molar-refractivity contribution is 7.92. The lowest BCUT2D eigenvalue weighted by Crippen LogP contribution is -2.26. The monoisotopic (exact) mass is 246 g/mol. The molecule has 94 valence electrons. The molecule has 1 aliphatic rings. The summed E-state index contributed by atoms with van der Waals surface area (Å²) in [5.41, 5.74) is 0. The highest BCUT2D eigenvalue weighted by Crippen LogP contribution is 2.24. The molecule has 1 saturated carbocycles. The molecule has 4 heteroatoms. The van der Waals surface area contributed by atoms with Gasteiger partial charge >= 0.3 is 0 Å². The summed E-state index contributed by atoms with van der Waals surface area (Å²) >= 11 is 0. The lowest BCUT2D eigenvalue weighted by Gasteiger charge is -2.21. The summed E-state index contributed by atoms with van der Waals surface area (Å²) in [6, 6.07) is 0. The Morgan fingerprint density at radius 1 is 1.19 bits per heavy atom. The van der Waals surface area contributed by atoms with Crippen molar-refractivity contribution in [1.29, 1.82) is 0 Å². The first kappa shape index (κ1) is 13.7. The van der Waals surface area contributed by atoms with E-state index in [1.165, 1.54) is 6.42 Å². The number of hydrogen-bond acceptors (Lipinski definition) is 3. The minimum absolute atomic E-state index is 0.127. The van der Waals surface area contributed by atoms with Gasteiger partial charge in [-0.15, -0.1) is 0 Å². The van der Waals surface area contributed by atoms with Gasteiger partial charge in [-0.05, 0) is 19.3 Å². The molecule has 0 aromatic heterocycles. The first-order valence-corrected chi connectivity index (χ1v) is 8.01. The third kappa shape index (κ3) is 4.24. The molecular formula is C12H22O3S. The van der Waals surface area contributed by atoms with Crippen LogP contribution in [0.3, 0.4) is 0 Å². The smallest absolute Gasteiger partial charge is 0.153 e. The van der Waals surface area contributed by atoms with Gasteiger partial charge < -0.3 is 0 Å². The van der Waals surface area contributed by atoms with E-state index in [1.807, 2.05) is 6.92 Å². The van der Waals surface area contributed by atoms with Gasteiger partial charge in [0.2, 0.25) is 0 Å². The average Bonchev–Trinajstić information content (AvgIpc) is 2.30. The number of ketones is 1. The van der Waals surface area contributed by atoms with E-state index in [2.05, 4.69) is 0 Å².